The molecule has 1 saturated heterocycles. The molecule has 0 spiro atoms. The largest absolute Gasteiger partial charge is 0.326 e. The molecular weight excluding hydrogens is 248 g/mol. The molecule has 2 N–H and O–H groups in total. The molecule has 2 rings (SSSR count). The van der Waals surface area contributed by atoms with Crippen LogP contribution in [-0.4, -0.2) is 37.6 Å². The quantitative estimate of drug-likeness (QED) is 0.880. The van der Waals surface area contributed by atoms with Crippen LogP contribution in [0, 0.1) is 5.92 Å². The van der Waals surface area contributed by atoms with Gasteiger partial charge in [0.1, 0.15) is 0 Å². The van der Waals surface area contributed by atoms with Gasteiger partial charge in [-0.25, -0.2) is 12.7 Å². The maximum atomic E-state index is 12.2. The number of aryl methyl sites for hydroxylation is 1. The standard InChI is InChI=1S/C13H20N2O2S/c1-11-9-15(10-13(11)14)18(16,17)8-7-12-5-3-2-4-6-12/h2-6,11,13H,7-10,14H2,1H3. The molecule has 2 unspecified atom stereocenters. The molecule has 100 valence electrons. The monoisotopic (exact) mass is 268 g/mol. The maximum absolute atomic E-state index is 12.2. The van der Waals surface area contributed by atoms with E-state index in [1.807, 2.05) is 37.3 Å². The number of rotatable bonds is 4. The fourth-order valence-electron chi connectivity index (χ4n) is 2.19. The van der Waals surface area contributed by atoms with E-state index in [2.05, 4.69) is 0 Å². The predicted molar refractivity (Wildman–Crippen MR) is 72.6 cm³/mol. The Hall–Kier alpha value is -0.910. The summed E-state index contributed by atoms with van der Waals surface area (Å²) in [7, 11) is -3.17. The van der Waals surface area contributed by atoms with E-state index in [-0.39, 0.29) is 17.7 Å². The summed E-state index contributed by atoms with van der Waals surface area (Å²) in [6.07, 6.45) is 0.559. The van der Waals surface area contributed by atoms with E-state index in [0.717, 1.165) is 5.56 Å². The molecule has 2 atom stereocenters. The molecule has 0 aromatic heterocycles. The molecule has 18 heavy (non-hydrogen) atoms. The summed E-state index contributed by atoms with van der Waals surface area (Å²) in [5, 5.41) is 0. The van der Waals surface area contributed by atoms with Gasteiger partial charge in [-0.05, 0) is 17.9 Å². The molecule has 4 nitrogen and oxygen atoms in total. The zero-order valence-electron chi connectivity index (χ0n) is 10.6. The topological polar surface area (TPSA) is 63.4 Å². The number of sulfonamides is 1. The van der Waals surface area contributed by atoms with Crippen molar-refractivity contribution in [2.45, 2.75) is 19.4 Å². The van der Waals surface area contributed by atoms with Crippen LogP contribution in [0.2, 0.25) is 0 Å². The third-order valence-corrected chi connectivity index (χ3v) is 5.33. The van der Waals surface area contributed by atoms with Gasteiger partial charge in [0.15, 0.2) is 0 Å². The van der Waals surface area contributed by atoms with Crippen LogP contribution < -0.4 is 5.73 Å². The smallest absolute Gasteiger partial charge is 0.214 e. The highest BCUT2D eigenvalue weighted by Gasteiger charge is 2.33. The van der Waals surface area contributed by atoms with Gasteiger partial charge in [0.25, 0.3) is 0 Å². The van der Waals surface area contributed by atoms with E-state index in [0.29, 0.717) is 19.5 Å². The van der Waals surface area contributed by atoms with Crippen molar-refractivity contribution in [3.8, 4) is 0 Å². The fourth-order valence-corrected chi connectivity index (χ4v) is 3.81. The van der Waals surface area contributed by atoms with Crippen LogP contribution in [-0.2, 0) is 16.4 Å². The van der Waals surface area contributed by atoms with Crippen molar-refractivity contribution in [2.75, 3.05) is 18.8 Å². The van der Waals surface area contributed by atoms with E-state index in [4.69, 9.17) is 5.73 Å². The second-order valence-electron chi connectivity index (χ2n) is 5.01. The Morgan fingerprint density at radius 1 is 1.28 bits per heavy atom. The maximum Gasteiger partial charge on any atom is 0.214 e. The van der Waals surface area contributed by atoms with E-state index in [9.17, 15) is 8.42 Å². The summed E-state index contributed by atoms with van der Waals surface area (Å²) in [6, 6.07) is 9.66. The molecule has 1 heterocycles. The summed E-state index contributed by atoms with van der Waals surface area (Å²) in [6.45, 7) is 3.01. The second-order valence-corrected chi connectivity index (χ2v) is 7.10. The summed E-state index contributed by atoms with van der Waals surface area (Å²) in [5.41, 5.74) is 6.92. The van der Waals surface area contributed by atoms with Crippen molar-refractivity contribution >= 4 is 10.0 Å². The minimum absolute atomic E-state index is 0.0310. The molecule has 0 radical (unpaired) electrons. The zero-order valence-corrected chi connectivity index (χ0v) is 11.4. The Kier molecular flexibility index (Phi) is 4.04. The Balaban J connectivity index is 1.96. The lowest BCUT2D eigenvalue weighted by atomic mass is 10.1. The molecule has 0 aliphatic carbocycles. The van der Waals surface area contributed by atoms with E-state index < -0.39 is 10.0 Å². The molecule has 1 fully saturated rings. The summed E-state index contributed by atoms with van der Waals surface area (Å²) in [5.74, 6) is 0.410. The summed E-state index contributed by atoms with van der Waals surface area (Å²) in [4.78, 5) is 0. The molecule has 1 aromatic rings. The third-order valence-electron chi connectivity index (χ3n) is 3.52. The lowest BCUT2D eigenvalue weighted by Crippen LogP contribution is -2.34. The normalized spacial score (nSPS) is 25.4. The van der Waals surface area contributed by atoms with Crippen molar-refractivity contribution in [2.24, 2.45) is 11.7 Å². The van der Waals surface area contributed by atoms with Crippen molar-refractivity contribution in [1.29, 1.82) is 0 Å². The van der Waals surface area contributed by atoms with Crippen LogP contribution in [0.15, 0.2) is 30.3 Å². The van der Waals surface area contributed by atoms with Gasteiger partial charge in [-0.1, -0.05) is 37.3 Å². The summed E-state index contributed by atoms with van der Waals surface area (Å²) >= 11 is 0. The van der Waals surface area contributed by atoms with Gasteiger partial charge in [-0.15, -0.1) is 0 Å². The van der Waals surface area contributed by atoms with E-state index in [1.54, 1.807) is 0 Å². The lowest BCUT2D eigenvalue weighted by molar-refractivity contribution is 0.464. The van der Waals surface area contributed by atoms with Crippen LogP contribution >= 0.6 is 0 Å². The number of hydrogen-bond donors (Lipinski definition) is 1. The van der Waals surface area contributed by atoms with Gasteiger partial charge >= 0.3 is 0 Å². The Labute approximate surface area is 109 Å². The molecule has 1 aromatic carbocycles. The van der Waals surface area contributed by atoms with Gasteiger partial charge in [0.05, 0.1) is 5.75 Å². The van der Waals surface area contributed by atoms with Crippen molar-refractivity contribution in [1.82, 2.24) is 4.31 Å². The second kappa shape index (κ2) is 5.38. The van der Waals surface area contributed by atoms with Crippen molar-refractivity contribution in [3.63, 3.8) is 0 Å². The first-order chi connectivity index (χ1) is 8.49. The van der Waals surface area contributed by atoms with Gasteiger partial charge < -0.3 is 5.73 Å². The van der Waals surface area contributed by atoms with Gasteiger partial charge in [0, 0.05) is 19.1 Å². The average molecular weight is 268 g/mol. The van der Waals surface area contributed by atoms with E-state index in [1.165, 1.54) is 4.31 Å². The lowest BCUT2D eigenvalue weighted by Gasteiger charge is -2.15. The van der Waals surface area contributed by atoms with E-state index >= 15 is 0 Å². The van der Waals surface area contributed by atoms with Crippen LogP contribution in [0.3, 0.4) is 0 Å². The Morgan fingerprint density at radius 2 is 1.94 bits per heavy atom. The van der Waals surface area contributed by atoms with Gasteiger partial charge in [-0.3, -0.25) is 0 Å². The number of nitrogens with zero attached hydrogens (tertiary/aromatic N) is 1. The third kappa shape index (κ3) is 3.10. The molecule has 1 aliphatic rings. The van der Waals surface area contributed by atoms with Crippen molar-refractivity contribution in [3.05, 3.63) is 35.9 Å². The molecule has 0 saturated carbocycles. The minimum atomic E-state index is -3.17. The van der Waals surface area contributed by atoms with Crippen LogP contribution in [0.1, 0.15) is 12.5 Å². The molecule has 0 amide bonds. The number of hydrogen-bond acceptors (Lipinski definition) is 3. The van der Waals surface area contributed by atoms with Crippen LogP contribution in [0.4, 0.5) is 0 Å². The van der Waals surface area contributed by atoms with Gasteiger partial charge in [-0.2, -0.15) is 0 Å². The van der Waals surface area contributed by atoms with Crippen LogP contribution in [0.5, 0.6) is 0 Å². The molecular formula is C13H20N2O2S. The zero-order chi connectivity index (χ0) is 13.2. The fraction of sp³-hybridized carbons (Fsp3) is 0.538. The first kappa shape index (κ1) is 13.5. The Bertz CT molecular complexity index is 477. The molecule has 1 aliphatic heterocycles. The highest BCUT2D eigenvalue weighted by Crippen LogP contribution is 2.18. The average Bonchev–Trinajstić information content (AvgIpc) is 2.70. The highest BCUT2D eigenvalue weighted by molar-refractivity contribution is 7.89. The summed E-state index contributed by atoms with van der Waals surface area (Å²) < 4.78 is 25.9. The first-order valence-electron chi connectivity index (χ1n) is 6.26. The highest BCUT2D eigenvalue weighted by atomic mass is 32.2. The number of benzene rings is 1. The van der Waals surface area contributed by atoms with Gasteiger partial charge in [0.2, 0.25) is 10.0 Å². The van der Waals surface area contributed by atoms with Crippen LogP contribution in [0.25, 0.3) is 0 Å². The predicted octanol–water partition coefficient (Wildman–Crippen LogP) is 0.838. The SMILES string of the molecule is CC1CN(S(=O)(=O)CCc2ccccc2)CC1N. The minimum Gasteiger partial charge on any atom is -0.326 e. The molecule has 5 heteroatoms. The van der Waals surface area contributed by atoms with Crippen molar-refractivity contribution < 1.29 is 8.42 Å². The molecule has 0 bridgehead atoms. The Morgan fingerprint density at radius 3 is 2.50 bits per heavy atom. The number of nitrogens with two attached hydrogens (primary N) is 1. The first-order valence-corrected chi connectivity index (χ1v) is 7.87.